The van der Waals surface area contributed by atoms with Gasteiger partial charge in [0.1, 0.15) is 17.3 Å². The Morgan fingerprint density at radius 1 is 0.632 bits per heavy atom. The number of unbranched alkanes of at least 4 members (excludes halogenated alkanes) is 5. The van der Waals surface area contributed by atoms with Crippen LogP contribution in [0.2, 0.25) is 0 Å². The average Bonchev–Trinajstić information content (AvgIpc) is 3.72. The van der Waals surface area contributed by atoms with Gasteiger partial charge >= 0.3 is 0 Å². The Morgan fingerprint density at radius 2 is 1.26 bits per heavy atom. The van der Waals surface area contributed by atoms with E-state index >= 15 is 0 Å². The van der Waals surface area contributed by atoms with E-state index in [0.29, 0.717) is 0 Å². The molecule has 0 amide bonds. The van der Waals surface area contributed by atoms with E-state index in [4.69, 9.17) is 8.83 Å². The number of thiophene rings is 4. The van der Waals surface area contributed by atoms with Crippen LogP contribution in [0.5, 0.6) is 0 Å². The fourth-order valence-electron chi connectivity index (χ4n) is 5.09. The lowest BCUT2D eigenvalue weighted by molar-refractivity contribution is 0.549. The zero-order valence-electron chi connectivity index (χ0n) is 21.5. The molecular formula is C31H29NO2S4. The van der Waals surface area contributed by atoms with Gasteiger partial charge in [0.15, 0.2) is 5.88 Å². The summed E-state index contributed by atoms with van der Waals surface area (Å²) >= 11 is 7.45. The molecular weight excluding hydrogens is 547 g/mol. The molecule has 6 heterocycles. The molecule has 0 spiro atoms. The van der Waals surface area contributed by atoms with Crippen molar-refractivity contribution in [3.05, 3.63) is 54.3 Å². The zero-order valence-corrected chi connectivity index (χ0v) is 24.8. The van der Waals surface area contributed by atoms with Crippen LogP contribution in [-0.2, 0) is 0 Å². The van der Waals surface area contributed by atoms with Gasteiger partial charge in [-0.05, 0) is 55.8 Å². The molecule has 194 valence electrons. The van der Waals surface area contributed by atoms with Gasteiger partial charge in [0, 0.05) is 42.2 Å². The van der Waals surface area contributed by atoms with Gasteiger partial charge in [0.2, 0.25) is 0 Å². The average molecular weight is 576 g/mol. The third-order valence-electron chi connectivity index (χ3n) is 7.07. The highest BCUT2D eigenvalue weighted by Gasteiger charge is 2.17. The van der Waals surface area contributed by atoms with E-state index in [1.807, 2.05) is 58.3 Å². The van der Waals surface area contributed by atoms with Crippen LogP contribution in [0.15, 0.2) is 57.4 Å². The van der Waals surface area contributed by atoms with Gasteiger partial charge < -0.3 is 14.2 Å². The van der Waals surface area contributed by atoms with Crippen LogP contribution in [0.4, 0.5) is 5.88 Å². The summed E-state index contributed by atoms with van der Waals surface area (Å²) in [6.07, 6.45) is 7.82. The Morgan fingerprint density at radius 3 is 1.92 bits per heavy atom. The van der Waals surface area contributed by atoms with E-state index in [0.717, 1.165) is 29.7 Å². The maximum absolute atomic E-state index is 6.19. The predicted octanol–water partition coefficient (Wildman–Crippen LogP) is 12.1. The lowest BCUT2D eigenvalue weighted by Crippen LogP contribution is -1.99. The topological polar surface area (TPSA) is 38.3 Å². The lowest BCUT2D eigenvalue weighted by atomic mass is 10.1. The van der Waals surface area contributed by atoms with Gasteiger partial charge in [-0.3, -0.25) is 0 Å². The monoisotopic (exact) mass is 575 g/mol. The first-order chi connectivity index (χ1) is 18.7. The maximum Gasteiger partial charge on any atom is 0.193 e. The first-order valence-corrected chi connectivity index (χ1v) is 16.7. The van der Waals surface area contributed by atoms with E-state index in [1.54, 1.807) is 0 Å². The molecule has 1 N–H and O–H groups in total. The fraction of sp³-hybridized carbons (Fsp3) is 0.290. The number of hydrogen-bond donors (Lipinski definition) is 1. The molecule has 0 bridgehead atoms. The highest BCUT2D eigenvalue weighted by atomic mass is 32.1. The van der Waals surface area contributed by atoms with Crippen LogP contribution in [0.1, 0.15) is 51.2 Å². The minimum absolute atomic E-state index is 0.873. The van der Waals surface area contributed by atoms with E-state index in [1.165, 1.54) is 87.3 Å². The summed E-state index contributed by atoms with van der Waals surface area (Å²) in [5.74, 6) is 3.74. The number of fused-ring (bicyclic) bond motifs is 6. The van der Waals surface area contributed by atoms with Crippen molar-refractivity contribution in [2.24, 2.45) is 0 Å². The molecule has 6 aromatic heterocycles. The van der Waals surface area contributed by atoms with E-state index in [2.05, 4.69) is 54.7 Å². The summed E-state index contributed by atoms with van der Waals surface area (Å²) in [5.41, 5.74) is 0. The Kier molecular flexibility index (Phi) is 6.56. The Labute approximate surface area is 237 Å². The number of furan rings is 2. The smallest absolute Gasteiger partial charge is 0.193 e. The first kappa shape index (κ1) is 24.5. The molecule has 0 aliphatic rings. The number of aryl methyl sites for hydroxylation is 1. The number of hydrogen-bond acceptors (Lipinski definition) is 7. The van der Waals surface area contributed by atoms with Crippen LogP contribution < -0.4 is 5.32 Å². The van der Waals surface area contributed by atoms with Gasteiger partial charge in [0.05, 0.1) is 19.2 Å². The Balaban J connectivity index is 1.14. The molecule has 1 aromatic carbocycles. The standard InChI is InChI=1S/C31H29NO2S4/c1-3-4-5-6-7-8-13-32-29-12-11-22(34-29)26-17-28-31(38-26)20-14-19-23(15-24(20)36-28)35-27-16-25(37-30(19)27)21-10-9-18(2)33-21/h9-12,14-17,32H,3-8,13H2,1-2H3. The summed E-state index contributed by atoms with van der Waals surface area (Å²) in [5, 5.41) is 6.17. The largest absolute Gasteiger partial charge is 0.461 e. The summed E-state index contributed by atoms with van der Waals surface area (Å²) < 4.78 is 20.2. The molecule has 0 unspecified atom stereocenters. The second-order valence-corrected chi connectivity index (χ2v) is 14.2. The number of benzene rings is 1. The quantitative estimate of drug-likeness (QED) is 0.165. The van der Waals surface area contributed by atoms with Gasteiger partial charge in [-0.25, -0.2) is 0 Å². The molecule has 7 heteroatoms. The van der Waals surface area contributed by atoms with E-state index in [-0.39, 0.29) is 0 Å². The summed E-state index contributed by atoms with van der Waals surface area (Å²) in [6, 6.07) is 17.7. The highest BCUT2D eigenvalue weighted by molar-refractivity contribution is 7.35. The van der Waals surface area contributed by atoms with Crippen LogP contribution in [0, 0.1) is 6.92 Å². The molecule has 0 aliphatic heterocycles. The molecule has 3 nitrogen and oxygen atoms in total. The molecule has 38 heavy (non-hydrogen) atoms. The predicted molar refractivity (Wildman–Crippen MR) is 170 cm³/mol. The van der Waals surface area contributed by atoms with Crippen molar-refractivity contribution < 1.29 is 8.83 Å². The van der Waals surface area contributed by atoms with E-state index < -0.39 is 0 Å². The number of anilines is 1. The van der Waals surface area contributed by atoms with Crippen LogP contribution in [0.25, 0.3) is 60.2 Å². The van der Waals surface area contributed by atoms with Crippen LogP contribution in [0.3, 0.4) is 0 Å². The Bertz CT molecular complexity index is 1870. The molecule has 7 rings (SSSR count). The highest BCUT2D eigenvalue weighted by Crippen LogP contribution is 2.49. The van der Waals surface area contributed by atoms with Crippen molar-refractivity contribution in [2.75, 3.05) is 11.9 Å². The maximum atomic E-state index is 6.19. The third kappa shape index (κ3) is 4.49. The number of rotatable bonds is 10. The van der Waals surface area contributed by atoms with Gasteiger partial charge in [0.25, 0.3) is 0 Å². The minimum atomic E-state index is 0.873. The lowest BCUT2D eigenvalue weighted by Gasteiger charge is -2.03. The van der Waals surface area contributed by atoms with Crippen molar-refractivity contribution in [2.45, 2.75) is 52.4 Å². The second kappa shape index (κ2) is 10.2. The van der Waals surface area contributed by atoms with Gasteiger partial charge in [-0.2, -0.15) is 0 Å². The van der Waals surface area contributed by atoms with Crippen LogP contribution >= 0.6 is 45.3 Å². The minimum Gasteiger partial charge on any atom is -0.461 e. The summed E-state index contributed by atoms with van der Waals surface area (Å²) in [6.45, 7) is 5.23. The zero-order chi connectivity index (χ0) is 25.6. The fourth-order valence-corrected chi connectivity index (χ4v) is 10.2. The molecule has 0 fully saturated rings. The molecule has 0 atom stereocenters. The summed E-state index contributed by atoms with van der Waals surface area (Å²) in [4.78, 5) is 2.40. The SMILES string of the molecule is CCCCCCCCNc1ccc(-c2cc3sc4cc5sc6cc(-c7ccc(C)o7)sc6c5cc4c3s2)o1. The van der Waals surface area contributed by atoms with Crippen LogP contribution in [-0.4, -0.2) is 6.54 Å². The normalized spacial score (nSPS) is 12.2. The van der Waals surface area contributed by atoms with Gasteiger partial charge in [-0.15, -0.1) is 45.3 Å². The third-order valence-corrected chi connectivity index (χ3v) is 11.9. The summed E-state index contributed by atoms with van der Waals surface area (Å²) in [7, 11) is 0. The van der Waals surface area contributed by atoms with Crippen molar-refractivity contribution in [3.8, 4) is 21.3 Å². The molecule has 0 saturated carbocycles. The number of nitrogens with one attached hydrogen (secondary N) is 1. The van der Waals surface area contributed by atoms with Crippen molar-refractivity contribution in [1.29, 1.82) is 0 Å². The van der Waals surface area contributed by atoms with Crippen molar-refractivity contribution >= 4 is 90.2 Å². The molecule has 0 radical (unpaired) electrons. The molecule has 0 saturated heterocycles. The second-order valence-electron chi connectivity index (χ2n) is 9.93. The van der Waals surface area contributed by atoms with Crippen molar-refractivity contribution in [1.82, 2.24) is 0 Å². The molecule has 0 aliphatic carbocycles. The van der Waals surface area contributed by atoms with Gasteiger partial charge in [-0.1, -0.05) is 39.0 Å². The molecule has 7 aromatic rings. The Hall–Kier alpha value is -2.58. The van der Waals surface area contributed by atoms with E-state index in [9.17, 15) is 0 Å². The van der Waals surface area contributed by atoms with Crippen molar-refractivity contribution in [3.63, 3.8) is 0 Å². The first-order valence-electron chi connectivity index (χ1n) is 13.4.